The number of nitrogens with one attached hydrogen (secondary N) is 1. The molecule has 0 spiro atoms. The minimum Gasteiger partial charge on any atom is -0.495 e. The molecule has 1 fully saturated rings. The van der Waals surface area contributed by atoms with Gasteiger partial charge in [0, 0.05) is 35.8 Å². The van der Waals surface area contributed by atoms with Crippen LogP contribution in [0.2, 0.25) is 10.0 Å². The maximum Gasteiger partial charge on any atom is 0.234 e. The number of rotatable bonds is 8. The Morgan fingerprint density at radius 1 is 1.29 bits per heavy atom. The highest BCUT2D eigenvalue weighted by Crippen LogP contribution is 2.46. The molecule has 4 rings (SSSR count). The van der Waals surface area contributed by atoms with Gasteiger partial charge in [-0.2, -0.15) is 0 Å². The monoisotopic (exact) mass is 517 g/mol. The number of fused-ring (bicyclic) bond motifs is 1. The van der Waals surface area contributed by atoms with E-state index < -0.39 is 18.2 Å². The molecule has 3 atom stereocenters. The maximum absolute atomic E-state index is 11.8. The zero-order valence-corrected chi connectivity index (χ0v) is 20.7. The summed E-state index contributed by atoms with van der Waals surface area (Å²) in [5, 5.41) is 14.9. The molecule has 3 aromatic rings. The average molecular weight is 518 g/mol. The van der Waals surface area contributed by atoms with Gasteiger partial charge in [0.1, 0.15) is 17.7 Å². The van der Waals surface area contributed by atoms with Crippen molar-refractivity contribution in [2.75, 3.05) is 26.1 Å². The Balaban J connectivity index is 1.62. The number of aliphatic hydroxyl groups excluding tert-OH is 1. The van der Waals surface area contributed by atoms with E-state index in [1.54, 1.807) is 17.2 Å². The van der Waals surface area contributed by atoms with Gasteiger partial charge in [-0.3, -0.25) is 9.69 Å². The second-order valence-electron chi connectivity index (χ2n) is 8.09. The fraction of sp³-hybridized carbons (Fsp3) is 0.292. The highest BCUT2D eigenvalue weighted by atomic mass is 35.5. The minimum atomic E-state index is -0.968. The number of benzene rings is 2. The first-order chi connectivity index (χ1) is 16.8. The van der Waals surface area contributed by atoms with E-state index in [9.17, 15) is 9.90 Å². The van der Waals surface area contributed by atoms with Crippen LogP contribution in [-0.2, 0) is 4.79 Å². The molecule has 0 radical (unpaired) electrons. The third-order valence-electron chi connectivity index (χ3n) is 5.99. The zero-order chi connectivity index (χ0) is 25.3. The third-order valence-corrected chi connectivity index (χ3v) is 6.74. The first-order valence-electron chi connectivity index (χ1n) is 10.8. The molecule has 0 bridgehead atoms. The molecule has 2 heterocycles. The van der Waals surface area contributed by atoms with E-state index in [1.807, 2.05) is 18.2 Å². The van der Waals surface area contributed by atoms with Gasteiger partial charge in [0.15, 0.2) is 0 Å². The molecule has 0 saturated carbocycles. The summed E-state index contributed by atoms with van der Waals surface area (Å²) in [6.07, 6.45) is 2.49. The Morgan fingerprint density at radius 3 is 2.57 bits per heavy atom. The van der Waals surface area contributed by atoms with E-state index in [0.29, 0.717) is 51.5 Å². The minimum absolute atomic E-state index is 0.180. The summed E-state index contributed by atoms with van der Waals surface area (Å²) in [5.41, 5.74) is 7.54. The van der Waals surface area contributed by atoms with Crippen molar-refractivity contribution in [1.29, 1.82) is 0 Å². The smallest absolute Gasteiger partial charge is 0.234 e. The average Bonchev–Trinajstić information content (AvgIpc) is 3.28. The van der Waals surface area contributed by atoms with Crippen LogP contribution in [0.1, 0.15) is 6.42 Å². The molecule has 9 nitrogen and oxygen atoms in total. The highest BCUT2D eigenvalue weighted by Gasteiger charge is 2.38. The molecular formula is C24H25Cl2N5O4. The molecule has 11 heteroatoms. The summed E-state index contributed by atoms with van der Waals surface area (Å²) >= 11 is 13.1. The van der Waals surface area contributed by atoms with Crippen molar-refractivity contribution >= 4 is 46.0 Å². The first kappa shape index (κ1) is 25.0. The van der Waals surface area contributed by atoms with Crippen LogP contribution in [0.5, 0.6) is 11.5 Å². The Hall–Kier alpha value is -3.11. The van der Waals surface area contributed by atoms with Gasteiger partial charge in [0.05, 0.1) is 35.8 Å². The summed E-state index contributed by atoms with van der Waals surface area (Å²) < 4.78 is 10.7. The predicted octanol–water partition coefficient (Wildman–Crippen LogP) is 3.47. The van der Waals surface area contributed by atoms with E-state index in [4.69, 9.17) is 38.4 Å². The number of hydrogen-bond acceptors (Lipinski definition) is 8. The van der Waals surface area contributed by atoms with Crippen molar-refractivity contribution in [1.82, 2.24) is 14.9 Å². The van der Waals surface area contributed by atoms with Gasteiger partial charge in [-0.25, -0.2) is 9.97 Å². The second kappa shape index (κ2) is 10.2. The van der Waals surface area contributed by atoms with Crippen molar-refractivity contribution in [3.05, 3.63) is 53.2 Å². The van der Waals surface area contributed by atoms with Crippen LogP contribution in [-0.4, -0.2) is 65.0 Å². The summed E-state index contributed by atoms with van der Waals surface area (Å²) in [7, 11) is 3.04. The van der Waals surface area contributed by atoms with E-state index in [0.717, 1.165) is 10.9 Å². The number of aliphatic hydroxyl groups is 1. The summed E-state index contributed by atoms with van der Waals surface area (Å²) in [4.78, 5) is 22.4. The molecule has 1 aromatic heterocycles. The Bertz CT molecular complexity index is 1260. The number of hydrogen-bond donors (Lipinski definition) is 3. The topological polar surface area (TPSA) is 123 Å². The van der Waals surface area contributed by atoms with Crippen molar-refractivity contribution in [3.8, 4) is 22.6 Å². The normalized spacial score (nSPS) is 18.9. The molecule has 1 saturated heterocycles. The van der Waals surface area contributed by atoms with Crippen LogP contribution in [0.4, 0.5) is 5.95 Å². The number of primary amides is 1. The fourth-order valence-corrected chi connectivity index (χ4v) is 4.97. The van der Waals surface area contributed by atoms with E-state index in [-0.39, 0.29) is 6.04 Å². The second-order valence-corrected chi connectivity index (χ2v) is 8.85. The molecule has 0 aliphatic carbocycles. The van der Waals surface area contributed by atoms with E-state index >= 15 is 0 Å². The molecule has 2 aromatic carbocycles. The summed E-state index contributed by atoms with van der Waals surface area (Å²) in [6.45, 7) is 3.97. The number of nitrogens with zero attached hydrogens (tertiary/aromatic N) is 3. The van der Waals surface area contributed by atoms with Gasteiger partial charge in [-0.05, 0) is 30.2 Å². The van der Waals surface area contributed by atoms with E-state index in [2.05, 4.69) is 21.9 Å². The molecule has 1 amide bonds. The third kappa shape index (κ3) is 4.85. The Kier molecular flexibility index (Phi) is 7.32. The molecule has 1 unspecified atom stereocenters. The lowest BCUT2D eigenvalue weighted by Gasteiger charge is -2.24. The van der Waals surface area contributed by atoms with Crippen LogP contribution < -0.4 is 20.5 Å². The summed E-state index contributed by atoms with van der Waals surface area (Å²) in [6, 6.07) is 6.42. The van der Waals surface area contributed by atoms with Crippen LogP contribution in [0.15, 0.2) is 43.1 Å². The molecule has 1 aliphatic heterocycles. The zero-order valence-electron chi connectivity index (χ0n) is 19.2. The number of anilines is 1. The summed E-state index contributed by atoms with van der Waals surface area (Å²) in [5.74, 6) is 0.779. The number of aromatic nitrogens is 2. The van der Waals surface area contributed by atoms with Gasteiger partial charge in [0.2, 0.25) is 11.9 Å². The van der Waals surface area contributed by atoms with E-state index in [1.165, 1.54) is 20.3 Å². The maximum atomic E-state index is 11.8. The lowest BCUT2D eigenvalue weighted by Crippen LogP contribution is -2.45. The number of nitrogens with two attached hydrogens (primary N) is 1. The molecule has 35 heavy (non-hydrogen) atoms. The number of methoxy groups -OCH3 is 2. The predicted molar refractivity (Wildman–Crippen MR) is 136 cm³/mol. The van der Waals surface area contributed by atoms with Gasteiger partial charge < -0.3 is 25.6 Å². The number of amides is 1. The van der Waals surface area contributed by atoms with Crippen molar-refractivity contribution < 1.29 is 19.4 Å². The SMILES string of the molecule is C=CC(O)N1C[C@@H](Nc2ncc3cc(-c4c(Cl)c(OC)cc(OC)c4Cl)ccc3n2)C[C@H]1C(N)=O. The van der Waals surface area contributed by atoms with Gasteiger partial charge in [-0.15, -0.1) is 0 Å². The number of carbonyl (C=O) groups excluding carboxylic acids is 1. The van der Waals surface area contributed by atoms with Crippen molar-refractivity contribution in [3.63, 3.8) is 0 Å². The fourth-order valence-electron chi connectivity index (χ4n) is 4.25. The van der Waals surface area contributed by atoms with Crippen LogP contribution >= 0.6 is 23.2 Å². The Labute approximate surface area is 212 Å². The first-order valence-corrected chi connectivity index (χ1v) is 11.5. The standard InChI is InChI=1S/C24H25Cl2N5O4/c1-4-19(32)31-11-14(8-16(31)23(27)33)29-24-28-10-13-7-12(5-6-15(13)30-24)20-21(25)17(34-2)9-18(35-3)22(20)26/h4-7,9-10,14,16,19,32H,1,8,11H2,2-3H3,(H2,27,33)(H,28,29,30)/t14-,16-,19?/m0/s1. The lowest BCUT2D eigenvalue weighted by molar-refractivity contribution is -0.124. The Morgan fingerprint density at radius 2 is 1.97 bits per heavy atom. The van der Waals surface area contributed by atoms with Gasteiger partial charge in [-0.1, -0.05) is 35.8 Å². The van der Waals surface area contributed by atoms with Crippen molar-refractivity contribution in [2.24, 2.45) is 5.73 Å². The number of likely N-dealkylation sites (tertiary alicyclic amines) is 1. The lowest BCUT2D eigenvalue weighted by atomic mass is 10.0. The quantitative estimate of drug-likeness (QED) is 0.388. The molecule has 184 valence electrons. The van der Waals surface area contributed by atoms with Crippen molar-refractivity contribution in [2.45, 2.75) is 24.7 Å². The molecule has 1 aliphatic rings. The molecular weight excluding hydrogens is 493 g/mol. The van der Waals surface area contributed by atoms with Crippen LogP contribution in [0, 0.1) is 0 Å². The largest absolute Gasteiger partial charge is 0.495 e. The number of carbonyl (C=O) groups is 1. The number of ether oxygens (including phenoxy) is 2. The van der Waals surface area contributed by atoms with Crippen LogP contribution in [0.3, 0.4) is 0 Å². The van der Waals surface area contributed by atoms with Gasteiger partial charge in [0.25, 0.3) is 0 Å². The molecule has 4 N–H and O–H groups in total. The van der Waals surface area contributed by atoms with Crippen LogP contribution in [0.25, 0.3) is 22.0 Å². The van der Waals surface area contributed by atoms with Gasteiger partial charge >= 0.3 is 0 Å². The number of halogens is 2. The highest BCUT2D eigenvalue weighted by molar-refractivity contribution is 6.41.